The molecule has 1 heterocycles. The van der Waals surface area contributed by atoms with E-state index in [0.717, 1.165) is 0 Å². The van der Waals surface area contributed by atoms with Crippen LogP contribution in [0.1, 0.15) is 49.7 Å². The van der Waals surface area contributed by atoms with Crippen LogP contribution in [-0.4, -0.2) is 50.3 Å². The summed E-state index contributed by atoms with van der Waals surface area (Å²) in [5.74, 6) is -1.10. The highest BCUT2D eigenvalue weighted by atomic mass is 16.5. The fraction of sp³-hybridized carbons (Fsp3) is 0.276. The number of aromatic hydroxyl groups is 1. The van der Waals surface area contributed by atoms with Crippen LogP contribution in [0.2, 0.25) is 0 Å². The van der Waals surface area contributed by atoms with Gasteiger partial charge in [0.05, 0.1) is 12.6 Å². The molecule has 10 heteroatoms. The Morgan fingerprint density at radius 2 is 1.79 bits per heavy atom. The van der Waals surface area contributed by atoms with E-state index in [0.29, 0.717) is 27.8 Å². The van der Waals surface area contributed by atoms with Gasteiger partial charge in [0.25, 0.3) is 0 Å². The quantitative estimate of drug-likeness (QED) is 0.330. The summed E-state index contributed by atoms with van der Waals surface area (Å²) in [6, 6.07) is 17.1. The second-order valence-corrected chi connectivity index (χ2v) is 10.2. The molecule has 4 aromatic rings. The van der Waals surface area contributed by atoms with Gasteiger partial charge in [-0.15, -0.1) is 5.10 Å². The predicted molar refractivity (Wildman–Crippen MR) is 147 cm³/mol. The van der Waals surface area contributed by atoms with Gasteiger partial charge in [-0.3, -0.25) is 19.3 Å². The third kappa shape index (κ3) is 6.06. The second-order valence-electron chi connectivity index (χ2n) is 10.2. The van der Waals surface area contributed by atoms with E-state index in [4.69, 9.17) is 4.74 Å². The summed E-state index contributed by atoms with van der Waals surface area (Å²) >= 11 is 0. The fourth-order valence-electron chi connectivity index (χ4n) is 4.28. The summed E-state index contributed by atoms with van der Waals surface area (Å²) in [6.45, 7) is 6.69. The Bertz CT molecular complexity index is 1540. The van der Waals surface area contributed by atoms with Gasteiger partial charge in [0, 0.05) is 16.8 Å². The van der Waals surface area contributed by atoms with Gasteiger partial charge in [-0.1, -0.05) is 35.5 Å². The number of amides is 2. The zero-order valence-corrected chi connectivity index (χ0v) is 22.5. The Morgan fingerprint density at radius 3 is 2.46 bits per heavy atom. The third-order valence-corrected chi connectivity index (χ3v) is 6.03. The van der Waals surface area contributed by atoms with Crippen molar-refractivity contribution >= 4 is 34.3 Å². The number of hydrogen-bond acceptors (Lipinski definition) is 7. The lowest BCUT2D eigenvalue weighted by Crippen LogP contribution is -2.50. The van der Waals surface area contributed by atoms with E-state index in [9.17, 15) is 19.5 Å². The van der Waals surface area contributed by atoms with E-state index in [1.807, 2.05) is 32.9 Å². The van der Waals surface area contributed by atoms with Crippen LogP contribution < -0.4 is 15.0 Å². The van der Waals surface area contributed by atoms with E-state index in [2.05, 4.69) is 15.6 Å². The standard InChI is InChI=1S/C29H31N5O5/c1-18(35)19-9-8-10-21(15-19)34(26(37)17-33-23-12-7-6-11-22(23)31-32-33)27(28(38)30-29(2,3)4)20-13-14-25(39-5)24(36)16-20/h6-16,27,36H,17H2,1-5H3,(H,30,38)/t27-/m1/s1. The Hall–Kier alpha value is -4.73. The van der Waals surface area contributed by atoms with Gasteiger partial charge in [-0.25, -0.2) is 4.68 Å². The monoisotopic (exact) mass is 529 g/mol. The van der Waals surface area contributed by atoms with Crippen molar-refractivity contribution in [3.8, 4) is 11.5 Å². The number of phenols is 1. The van der Waals surface area contributed by atoms with Crippen LogP contribution in [0.4, 0.5) is 5.69 Å². The predicted octanol–water partition coefficient (Wildman–Crippen LogP) is 4.04. The lowest BCUT2D eigenvalue weighted by atomic mass is 9.99. The number of anilines is 1. The second kappa shape index (κ2) is 10.9. The molecule has 0 spiro atoms. The fourth-order valence-corrected chi connectivity index (χ4v) is 4.28. The van der Waals surface area contributed by atoms with Gasteiger partial charge in [-0.2, -0.15) is 0 Å². The molecule has 0 radical (unpaired) electrons. The number of hydrogen-bond donors (Lipinski definition) is 2. The summed E-state index contributed by atoms with van der Waals surface area (Å²) in [5.41, 5.74) is 1.71. The van der Waals surface area contributed by atoms with Gasteiger partial charge in [0.15, 0.2) is 17.3 Å². The normalized spacial score (nSPS) is 12.1. The van der Waals surface area contributed by atoms with Crippen molar-refractivity contribution in [3.05, 3.63) is 77.9 Å². The Labute approximate surface area is 226 Å². The van der Waals surface area contributed by atoms with Crippen LogP contribution in [0.25, 0.3) is 11.0 Å². The molecule has 1 aromatic heterocycles. The lowest BCUT2D eigenvalue weighted by Gasteiger charge is -2.34. The molecule has 0 saturated heterocycles. The highest BCUT2D eigenvalue weighted by Crippen LogP contribution is 2.35. The molecule has 0 aliphatic rings. The summed E-state index contributed by atoms with van der Waals surface area (Å²) in [5, 5.41) is 21.8. The zero-order valence-electron chi connectivity index (χ0n) is 22.5. The molecule has 0 fully saturated rings. The molecule has 39 heavy (non-hydrogen) atoms. The van der Waals surface area contributed by atoms with E-state index < -0.39 is 23.4 Å². The van der Waals surface area contributed by atoms with Crippen molar-refractivity contribution in [2.24, 2.45) is 0 Å². The number of carbonyl (C=O) groups excluding carboxylic acids is 3. The number of carbonyl (C=O) groups is 3. The average Bonchev–Trinajstić information content (AvgIpc) is 3.28. The number of ketones is 1. The van der Waals surface area contributed by atoms with Gasteiger partial charge in [-0.05, 0) is 69.7 Å². The van der Waals surface area contributed by atoms with Crippen LogP contribution in [0, 0.1) is 0 Å². The van der Waals surface area contributed by atoms with E-state index >= 15 is 0 Å². The van der Waals surface area contributed by atoms with Gasteiger partial charge < -0.3 is 15.2 Å². The molecule has 202 valence electrons. The topological polar surface area (TPSA) is 127 Å². The van der Waals surface area contributed by atoms with Crippen molar-refractivity contribution in [1.82, 2.24) is 20.3 Å². The number of nitrogens with one attached hydrogen (secondary N) is 1. The molecule has 2 amide bonds. The van der Waals surface area contributed by atoms with Crippen LogP contribution in [-0.2, 0) is 16.1 Å². The molecule has 0 bridgehead atoms. The van der Waals surface area contributed by atoms with Crippen molar-refractivity contribution in [2.75, 3.05) is 12.0 Å². The van der Waals surface area contributed by atoms with E-state index in [-0.39, 0.29) is 23.8 Å². The van der Waals surface area contributed by atoms with Crippen LogP contribution in [0.5, 0.6) is 11.5 Å². The average molecular weight is 530 g/mol. The van der Waals surface area contributed by atoms with Crippen LogP contribution in [0.3, 0.4) is 0 Å². The summed E-state index contributed by atoms with van der Waals surface area (Å²) in [4.78, 5) is 41.5. The summed E-state index contributed by atoms with van der Waals surface area (Å²) in [7, 11) is 1.42. The van der Waals surface area contributed by atoms with Gasteiger partial charge in [0.2, 0.25) is 11.8 Å². The number of fused-ring (bicyclic) bond motifs is 1. The van der Waals surface area contributed by atoms with Gasteiger partial charge in [0.1, 0.15) is 18.1 Å². The number of methoxy groups -OCH3 is 1. The Morgan fingerprint density at radius 1 is 1.05 bits per heavy atom. The number of Topliss-reactive ketones (excluding diaryl/α,β-unsaturated/α-hetero) is 1. The molecule has 2 N–H and O–H groups in total. The zero-order chi connectivity index (χ0) is 28.3. The highest BCUT2D eigenvalue weighted by Gasteiger charge is 2.35. The molecule has 0 unspecified atom stereocenters. The van der Waals surface area contributed by atoms with Crippen molar-refractivity contribution in [1.29, 1.82) is 0 Å². The first-order valence-electron chi connectivity index (χ1n) is 12.4. The third-order valence-electron chi connectivity index (χ3n) is 6.03. The SMILES string of the molecule is COc1ccc([C@H](C(=O)NC(C)(C)C)N(C(=O)Cn2nnc3ccccc32)c2cccc(C(C)=O)c2)cc1O. The lowest BCUT2D eigenvalue weighted by molar-refractivity contribution is -0.128. The summed E-state index contributed by atoms with van der Waals surface area (Å²) in [6.07, 6.45) is 0. The maximum atomic E-state index is 14.1. The van der Waals surface area contributed by atoms with Crippen molar-refractivity contribution in [3.63, 3.8) is 0 Å². The number of nitrogens with zero attached hydrogens (tertiary/aromatic N) is 4. The largest absolute Gasteiger partial charge is 0.504 e. The minimum absolute atomic E-state index is 0.185. The number of benzene rings is 3. The first kappa shape index (κ1) is 27.3. The van der Waals surface area contributed by atoms with E-state index in [1.165, 1.54) is 35.7 Å². The highest BCUT2D eigenvalue weighted by molar-refractivity contribution is 6.03. The molecular formula is C29H31N5O5. The molecule has 0 aliphatic heterocycles. The van der Waals surface area contributed by atoms with E-state index in [1.54, 1.807) is 42.5 Å². The molecule has 0 aliphatic carbocycles. The van der Waals surface area contributed by atoms with Crippen LogP contribution in [0.15, 0.2) is 66.7 Å². The first-order chi connectivity index (χ1) is 18.5. The molecular weight excluding hydrogens is 498 g/mol. The number of rotatable bonds is 8. The maximum absolute atomic E-state index is 14.1. The molecule has 3 aromatic carbocycles. The molecule has 0 saturated carbocycles. The summed E-state index contributed by atoms with van der Waals surface area (Å²) < 4.78 is 6.64. The minimum atomic E-state index is -1.20. The maximum Gasteiger partial charge on any atom is 0.249 e. The number of phenolic OH excluding ortho intramolecular Hbond substituents is 1. The van der Waals surface area contributed by atoms with Gasteiger partial charge >= 0.3 is 0 Å². The molecule has 10 nitrogen and oxygen atoms in total. The Kier molecular flexibility index (Phi) is 7.66. The minimum Gasteiger partial charge on any atom is -0.504 e. The van der Waals surface area contributed by atoms with Crippen LogP contribution >= 0.6 is 0 Å². The number of aromatic nitrogens is 3. The smallest absolute Gasteiger partial charge is 0.249 e. The van der Waals surface area contributed by atoms with Crippen molar-refractivity contribution in [2.45, 2.75) is 45.8 Å². The number of ether oxygens (including phenoxy) is 1. The first-order valence-corrected chi connectivity index (χ1v) is 12.4. The molecule has 1 atom stereocenters. The van der Waals surface area contributed by atoms with Crippen molar-refractivity contribution < 1.29 is 24.2 Å². The number of para-hydroxylation sites is 1. The molecule has 4 rings (SSSR count). The Balaban J connectivity index is 1.89.